The lowest BCUT2D eigenvalue weighted by molar-refractivity contribution is -0.143. The number of aliphatic carboxylic acids is 1. The van der Waals surface area contributed by atoms with Crippen molar-refractivity contribution in [2.45, 2.75) is 76.9 Å². The van der Waals surface area contributed by atoms with Crippen LogP contribution in [0.3, 0.4) is 0 Å². The van der Waals surface area contributed by atoms with Crippen molar-refractivity contribution in [3.63, 3.8) is 0 Å². The molecule has 0 fully saturated rings. The van der Waals surface area contributed by atoms with Crippen molar-refractivity contribution in [1.82, 2.24) is 10.6 Å². The largest absolute Gasteiger partial charge is 0.507 e. The monoisotopic (exact) mass is 466 g/mol. The minimum absolute atomic E-state index is 0.0948. The summed E-state index contributed by atoms with van der Waals surface area (Å²) in [5.41, 5.74) is 0.683. The van der Waals surface area contributed by atoms with Crippen LogP contribution in [-0.2, 0) is 20.7 Å². The van der Waals surface area contributed by atoms with Crippen molar-refractivity contribution in [2.24, 2.45) is 5.92 Å². The molecule has 0 bridgehead atoms. The molecule has 1 aromatic carbocycles. The number of aromatic hydroxyl groups is 1. The minimum atomic E-state index is -1.89. The van der Waals surface area contributed by atoms with E-state index in [0.29, 0.717) is 24.9 Å². The van der Waals surface area contributed by atoms with Gasteiger partial charge in [-0.15, -0.1) is 0 Å². The second-order valence-electron chi connectivity index (χ2n) is 8.80. The van der Waals surface area contributed by atoms with E-state index in [1.54, 1.807) is 12.1 Å². The number of rotatable bonds is 12. The molecule has 33 heavy (non-hydrogen) atoms. The number of benzene rings is 1. The van der Waals surface area contributed by atoms with E-state index in [1.807, 2.05) is 20.8 Å². The zero-order chi connectivity index (χ0) is 24.7. The highest BCUT2D eigenvalue weighted by Gasteiger charge is 2.38. The molecule has 2 rings (SSSR count). The van der Waals surface area contributed by atoms with Gasteiger partial charge in [-0.2, -0.15) is 0 Å². The highest BCUT2D eigenvalue weighted by Crippen LogP contribution is 2.30. The van der Waals surface area contributed by atoms with Crippen molar-refractivity contribution in [2.75, 3.05) is 6.54 Å². The Labute approximate surface area is 193 Å². The van der Waals surface area contributed by atoms with Gasteiger partial charge in [-0.25, -0.2) is 4.79 Å². The number of carboxylic acids is 1. The van der Waals surface area contributed by atoms with Gasteiger partial charge in [-0.3, -0.25) is 9.59 Å². The van der Waals surface area contributed by atoms with Gasteiger partial charge in [0.05, 0.1) is 12.5 Å². The molecular weight excluding hydrogens is 432 g/mol. The molecule has 1 amide bonds. The summed E-state index contributed by atoms with van der Waals surface area (Å²) < 4.78 is 5.50. The first kappa shape index (κ1) is 26.6. The maximum Gasteiger partial charge on any atom is 0.342 e. The van der Waals surface area contributed by atoms with Crippen molar-refractivity contribution >= 4 is 17.8 Å². The van der Waals surface area contributed by atoms with Crippen molar-refractivity contribution < 1.29 is 39.5 Å². The van der Waals surface area contributed by atoms with Gasteiger partial charge in [-0.1, -0.05) is 32.9 Å². The Bertz CT molecular complexity index is 844. The molecule has 5 atom stereocenters. The topological polar surface area (TPSA) is 165 Å². The molecule has 6 N–H and O–H groups in total. The fraction of sp³-hybridized carbons (Fsp3) is 0.609. The molecule has 1 aliphatic rings. The fourth-order valence-corrected chi connectivity index (χ4v) is 3.96. The van der Waals surface area contributed by atoms with Crippen molar-refractivity contribution in [1.29, 1.82) is 0 Å². The van der Waals surface area contributed by atoms with Crippen LogP contribution in [0, 0.1) is 5.92 Å². The van der Waals surface area contributed by atoms with Crippen LogP contribution in [0.2, 0.25) is 0 Å². The van der Waals surface area contributed by atoms with E-state index in [2.05, 4.69) is 10.6 Å². The molecule has 0 saturated carbocycles. The fourth-order valence-electron chi connectivity index (χ4n) is 3.96. The van der Waals surface area contributed by atoms with Gasteiger partial charge < -0.3 is 35.8 Å². The van der Waals surface area contributed by atoms with Gasteiger partial charge in [-0.05, 0) is 36.9 Å². The number of hydrogen-bond donors (Lipinski definition) is 6. The zero-order valence-corrected chi connectivity index (χ0v) is 19.2. The van der Waals surface area contributed by atoms with E-state index in [9.17, 15) is 29.7 Å². The molecular formula is C23H34N2O8. The standard InChI is InChI=1S/C23H34N2O8/c1-4-8-24-15(11-18(27)28)20(29)21(30)22(31)25-14(9-12(2)3)17-10-13-6-5-7-16(26)19(13)23(32)33-17/h5-7,12,14-15,17,20-21,24,26,29-30H,4,8-11H2,1-3H3,(H,25,31)(H,27,28)/t14-,15-,17-,20-,21-/m0/s1. The lowest BCUT2D eigenvalue weighted by Crippen LogP contribution is -2.56. The number of phenolic OH excluding ortho intramolecular Hbond substituents is 1. The average Bonchev–Trinajstić information content (AvgIpc) is 2.74. The molecule has 0 saturated heterocycles. The molecule has 10 heteroatoms. The molecule has 1 aromatic rings. The number of fused-ring (bicyclic) bond motifs is 1. The Morgan fingerprint density at radius 1 is 1.24 bits per heavy atom. The summed E-state index contributed by atoms with van der Waals surface area (Å²) in [7, 11) is 0. The molecule has 0 aliphatic carbocycles. The van der Waals surface area contributed by atoms with Crippen LogP contribution in [0.4, 0.5) is 0 Å². The average molecular weight is 467 g/mol. The molecule has 184 valence electrons. The Balaban J connectivity index is 2.16. The number of ether oxygens (including phenoxy) is 1. The highest BCUT2D eigenvalue weighted by atomic mass is 16.5. The van der Waals surface area contributed by atoms with E-state index >= 15 is 0 Å². The second kappa shape index (κ2) is 12.0. The minimum Gasteiger partial charge on any atom is -0.507 e. The number of hydrogen-bond acceptors (Lipinski definition) is 8. The van der Waals surface area contributed by atoms with Gasteiger partial charge in [0, 0.05) is 12.5 Å². The van der Waals surface area contributed by atoms with Gasteiger partial charge >= 0.3 is 11.9 Å². The summed E-state index contributed by atoms with van der Waals surface area (Å²) >= 11 is 0. The van der Waals surface area contributed by atoms with Crippen LogP contribution in [0.5, 0.6) is 5.75 Å². The number of phenols is 1. The summed E-state index contributed by atoms with van der Waals surface area (Å²) in [6, 6.07) is 3.03. The zero-order valence-electron chi connectivity index (χ0n) is 19.2. The maximum absolute atomic E-state index is 12.8. The third kappa shape index (κ3) is 7.15. The number of nitrogens with one attached hydrogen (secondary N) is 2. The smallest absolute Gasteiger partial charge is 0.342 e. The van der Waals surface area contributed by atoms with E-state index in [4.69, 9.17) is 9.84 Å². The molecule has 1 aliphatic heterocycles. The van der Waals surface area contributed by atoms with E-state index in [0.717, 1.165) is 0 Å². The first-order valence-electron chi connectivity index (χ1n) is 11.2. The third-order valence-corrected chi connectivity index (χ3v) is 5.57. The number of amides is 1. The summed E-state index contributed by atoms with van der Waals surface area (Å²) in [6.45, 7) is 6.11. The summed E-state index contributed by atoms with van der Waals surface area (Å²) in [5.74, 6) is -2.84. The Morgan fingerprint density at radius 2 is 1.94 bits per heavy atom. The van der Waals surface area contributed by atoms with Crippen LogP contribution in [0.25, 0.3) is 0 Å². The Hall–Kier alpha value is -2.69. The number of aliphatic hydroxyl groups is 2. The van der Waals surface area contributed by atoms with Gasteiger partial charge in [0.15, 0.2) is 6.10 Å². The summed E-state index contributed by atoms with van der Waals surface area (Å²) in [4.78, 5) is 36.4. The SMILES string of the molecule is CCCN[C@@H](CC(=O)O)[C@H](O)[C@H](O)C(=O)N[C@@H](CC(C)C)[C@@H]1Cc2cccc(O)c2C(=O)O1. The predicted octanol–water partition coefficient (Wildman–Crippen LogP) is 0.569. The summed E-state index contributed by atoms with van der Waals surface area (Å²) in [6.07, 6.45) is -3.40. The first-order valence-corrected chi connectivity index (χ1v) is 11.2. The first-order chi connectivity index (χ1) is 15.5. The van der Waals surface area contributed by atoms with Crippen LogP contribution >= 0.6 is 0 Å². The van der Waals surface area contributed by atoms with Crippen molar-refractivity contribution in [3.8, 4) is 5.75 Å². The Kier molecular flexibility index (Phi) is 9.63. The van der Waals surface area contributed by atoms with Gasteiger partial charge in [0.1, 0.15) is 23.5 Å². The van der Waals surface area contributed by atoms with Gasteiger partial charge in [0.25, 0.3) is 5.91 Å². The molecule has 1 heterocycles. The van der Waals surface area contributed by atoms with Crippen molar-refractivity contribution in [3.05, 3.63) is 29.3 Å². The van der Waals surface area contributed by atoms with E-state index in [1.165, 1.54) is 6.07 Å². The normalized spacial score (nSPS) is 19.2. The lowest BCUT2D eigenvalue weighted by atomic mass is 9.90. The quantitative estimate of drug-likeness (QED) is 0.241. The second-order valence-corrected chi connectivity index (χ2v) is 8.80. The molecule has 10 nitrogen and oxygen atoms in total. The lowest BCUT2D eigenvalue weighted by Gasteiger charge is -2.34. The van der Waals surface area contributed by atoms with Crippen LogP contribution in [0.1, 0.15) is 56.0 Å². The van der Waals surface area contributed by atoms with Crippen LogP contribution < -0.4 is 10.6 Å². The maximum atomic E-state index is 12.8. The van der Waals surface area contributed by atoms with E-state index < -0.39 is 54.7 Å². The van der Waals surface area contributed by atoms with Crippen LogP contribution in [0.15, 0.2) is 18.2 Å². The Morgan fingerprint density at radius 3 is 2.55 bits per heavy atom. The molecule has 0 aromatic heterocycles. The number of carboxylic acid groups (broad SMARTS) is 1. The number of aliphatic hydroxyl groups excluding tert-OH is 2. The van der Waals surface area contributed by atoms with E-state index in [-0.39, 0.29) is 23.7 Å². The number of carbonyl (C=O) groups is 3. The number of carbonyl (C=O) groups excluding carboxylic acids is 2. The molecule has 0 radical (unpaired) electrons. The highest BCUT2D eigenvalue weighted by molar-refractivity contribution is 5.95. The van der Waals surface area contributed by atoms with Crippen LogP contribution in [-0.4, -0.2) is 75.2 Å². The third-order valence-electron chi connectivity index (χ3n) is 5.57. The number of cyclic esters (lactones) is 1. The number of esters is 1. The molecule has 0 spiro atoms. The predicted molar refractivity (Wildman–Crippen MR) is 119 cm³/mol. The van der Waals surface area contributed by atoms with Gasteiger partial charge in [0.2, 0.25) is 0 Å². The molecule has 0 unspecified atom stereocenters. The summed E-state index contributed by atoms with van der Waals surface area (Å²) in [5, 5.41) is 45.5.